The first-order chi connectivity index (χ1) is 13.4. The first-order valence-electron chi connectivity index (χ1n) is 9.13. The second-order valence-electron chi connectivity index (χ2n) is 7.40. The van der Waals surface area contributed by atoms with Gasteiger partial charge >= 0.3 is 0 Å². The topological polar surface area (TPSA) is 72.9 Å². The number of ether oxygens (including phenoxy) is 2. The van der Waals surface area contributed by atoms with Crippen molar-refractivity contribution in [2.45, 2.75) is 25.9 Å². The number of carbonyl (C=O) groups excluding carboxylic acids is 1. The van der Waals surface area contributed by atoms with Crippen molar-refractivity contribution in [3.63, 3.8) is 0 Å². The molecule has 0 bridgehead atoms. The van der Waals surface area contributed by atoms with Crippen LogP contribution in [0.2, 0.25) is 0 Å². The van der Waals surface area contributed by atoms with Gasteiger partial charge in [0.05, 0.1) is 17.1 Å². The Morgan fingerprint density at radius 1 is 1.32 bits per heavy atom. The van der Waals surface area contributed by atoms with Gasteiger partial charge in [0, 0.05) is 34.7 Å². The first-order valence-corrected chi connectivity index (χ1v) is 11.8. The van der Waals surface area contributed by atoms with Crippen LogP contribution < -0.4 is 9.47 Å². The third-order valence-corrected chi connectivity index (χ3v) is 8.08. The van der Waals surface area contributed by atoms with Gasteiger partial charge in [0.15, 0.2) is 15.6 Å². The van der Waals surface area contributed by atoms with Gasteiger partial charge in [-0.1, -0.05) is 6.07 Å². The van der Waals surface area contributed by atoms with Gasteiger partial charge in [-0.25, -0.2) is 8.42 Å². The van der Waals surface area contributed by atoms with Crippen molar-refractivity contribution in [3.8, 4) is 11.5 Å². The van der Waals surface area contributed by atoms with Crippen LogP contribution in [0.15, 0.2) is 29.3 Å². The van der Waals surface area contributed by atoms with Crippen LogP contribution >= 0.6 is 11.3 Å². The standard InChI is InChI=1S/C20H19NO5S2/c1-12-19-13(9-21(11-25-19)14-4-6-28(23,24)10-14)7-16-18(22)17(26-20(12)16)8-15-3-2-5-27-15/h2-3,5,7-8,14H,4,6,9-11H2,1H3/b17-8-/t14-/m0/s1. The van der Waals surface area contributed by atoms with Crippen LogP contribution in [-0.2, 0) is 16.4 Å². The number of rotatable bonds is 2. The summed E-state index contributed by atoms with van der Waals surface area (Å²) in [5.41, 5.74) is 2.26. The van der Waals surface area contributed by atoms with Crippen molar-refractivity contribution < 1.29 is 22.7 Å². The summed E-state index contributed by atoms with van der Waals surface area (Å²) in [5.74, 6) is 1.89. The molecule has 2 aromatic rings. The minimum absolute atomic E-state index is 0.0343. The van der Waals surface area contributed by atoms with Crippen molar-refractivity contribution >= 4 is 33.0 Å². The highest BCUT2D eigenvalue weighted by molar-refractivity contribution is 7.91. The lowest BCUT2D eigenvalue weighted by atomic mass is 9.99. The van der Waals surface area contributed by atoms with Gasteiger partial charge in [-0.3, -0.25) is 9.69 Å². The van der Waals surface area contributed by atoms with Gasteiger partial charge in [-0.2, -0.15) is 0 Å². The monoisotopic (exact) mass is 417 g/mol. The molecule has 28 heavy (non-hydrogen) atoms. The Balaban J connectivity index is 1.46. The highest BCUT2D eigenvalue weighted by Crippen LogP contribution is 2.43. The third-order valence-electron chi connectivity index (χ3n) is 5.51. The second-order valence-corrected chi connectivity index (χ2v) is 10.6. The maximum absolute atomic E-state index is 12.9. The van der Waals surface area contributed by atoms with Gasteiger partial charge in [0.25, 0.3) is 0 Å². The number of hydrogen-bond donors (Lipinski definition) is 0. The lowest BCUT2D eigenvalue weighted by Gasteiger charge is -2.33. The molecule has 0 radical (unpaired) electrons. The van der Waals surface area contributed by atoms with E-state index in [9.17, 15) is 13.2 Å². The number of fused-ring (bicyclic) bond motifs is 2. The molecular formula is C20H19NO5S2. The molecule has 4 heterocycles. The van der Waals surface area contributed by atoms with E-state index in [1.54, 1.807) is 17.4 Å². The number of Topliss-reactive ketones (excluding diaryl/α,β-unsaturated/α-hetero) is 1. The second kappa shape index (κ2) is 6.43. The van der Waals surface area contributed by atoms with Crippen LogP contribution in [0.1, 0.15) is 32.8 Å². The number of carbonyl (C=O) groups is 1. The Kier molecular flexibility index (Phi) is 4.12. The molecule has 3 aliphatic rings. The molecule has 0 saturated carbocycles. The average molecular weight is 418 g/mol. The summed E-state index contributed by atoms with van der Waals surface area (Å²) in [6, 6.07) is 5.67. The van der Waals surface area contributed by atoms with E-state index in [1.807, 2.05) is 35.4 Å². The molecule has 0 N–H and O–H groups in total. The van der Waals surface area contributed by atoms with Crippen molar-refractivity contribution in [3.05, 3.63) is 50.9 Å². The molecule has 5 rings (SSSR count). The number of allylic oxidation sites excluding steroid dienone is 1. The number of hydrogen-bond acceptors (Lipinski definition) is 7. The summed E-state index contributed by atoms with van der Waals surface area (Å²) in [6.45, 7) is 2.81. The van der Waals surface area contributed by atoms with Gasteiger partial charge in [-0.15, -0.1) is 11.3 Å². The third kappa shape index (κ3) is 2.96. The molecule has 1 aromatic carbocycles. The molecule has 146 valence electrons. The normalized spacial score (nSPS) is 24.7. The van der Waals surface area contributed by atoms with E-state index in [4.69, 9.17) is 9.47 Å². The molecule has 1 saturated heterocycles. The fourth-order valence-corrected chi connectivity index (χ4v) is 6.47. The molecule has 0 spiro atoms. The molecular weight excluding hydrogens is 398 g/mol. The van der Waals surface area contributed by atoms with Crippen LogP contribution in [0, 0.1) is 6.92 Å². The molecule has 0 amide bonds. The predicted molar refractivity (Wildman–Crippen MR) is 107 cm³/mol. The van der Waals surface area contributed by atoms with Crippen LogP contribution in [0.5, 0.6) is 11.5 Å². The predicted octanol–water partition coefficient (Wildman–Crippen LogP) is 3.01. The number of nitrogens with zero attached hydrogens (tertiary/aromatic N) is 1. The molecule has 0 aliphatic carbocycles. The molecule has 1 fully saturated rings. The number of thiophene rings is 1. The van der Waals surface area contributed by atoms with E-state index >= 15 is 0 Å². The Bertz CT molecular complexity index is 1100. The molecule has 8 heteroatoms. The van der Waals surface area contributed by atoms with Gasteiger partial charge in [0.2, 0.25) is 5.78 Å². The van der Waals surface area contributed by atoms with E-state index in [2.05, 4.69) is 0 Å². The summed E-state index contributed by atoms with van der Waals surface area (Å²) in [6.07, 6.45) is 2.39. The minimum Gasteiger partial charge on any atom is -0.477 e. The number of ketones is 1. The van der Waals surface area contributed by atoms with Crippen LogP contribution in [-0.4, -0.2) is 43.4 Å². The van der Waals surface area contributed by atoms with Crippen molar-refractivity contribution in [1.82, 2.24) is 4.90 Å². The summed E-state index contributed by atoms with van der Waals surface area (Å²) < 4.78 is 35.5. The largest absolute Gasteiger partial charge is 0.477 e. The summed E-state index contributed by atoms with van der Waals surface area (Å²) in [4.78, 5) is 15.9. The van der Waals surface area contributed by atoms with Crippen molar-refractivity contribution in [2.75, 3.05) is 18.2 Å². The fraction of sp³-hybridized carbons (Fsp3) is 0.350. The molecule has 3 aliphatic heterocycles. The highest BCUT2D eigenvalue weighted by atomic mass is 32.2. The average Bonchev–Trinajstić information content (AvgIpc) is 3.37. The maximum atomic E-state index is 12.9. The lowest BCUT2D eigenvalue weighted by Crippen LogP contribution is -2.41. The van der Waals surface area contributed by atoms with E-state index in [0.29, 0.717) is 36.8 Å². The zero-order chi connectivity index (χ0) is 19.5. The number of benzene rings is 1. The van der Waals surface area contributed by atoms with E-state index in [-0.39, 0.29) is 23.3 Å². The SMILES string of the molecule is Cc1c2c(cc3c1O/C(=C\c1cccs1)C3=O)CN([C@H]1CCS(=O)(=O)C1)CO2. The minimum atomic E-state index is -2.96. The molecule has 0 unspecified atom stereocenters. The van der Waals surface area contributed by atoms with E-state index in [1.165, 1.54) is 0 Å². The molecule has 6 nitrogen and oxygen atoms in total. The van der Waals surface area contributed by atoms with Gasteiger partial charge < -0.3 is 9.47 Å². The molecule has 1 atom stereocenters. The van der Waals surface area contributed by atoms with Crippen LogP contribution in [0.4, 0.5) is 0 Å². The fourth-order valence-electron chi connectivity index (χ4n) is 4.07. The first kappa shape index (κ1) is 17.9. The van der Waals surface area contributed by atoms with Gasteiger partial charge in [-0.05, 0) is 30.9 Å². The lowest BCUT2D eigenvalue weighted by molar-refractivity contribution is 0.0637. The Hall–Kier alpha value is -2.16. The van der Waals surface area contributed by atoms with Crippen LogP contribution in [0.3, 0.4) is 0 Å². The Morgan fingerprint density at radius 3 is 2.89 bits per heavy atom. The quantitative estimate of drug-likeness (QED) is 0.700. The van der Waals surface area contributed by atoms with Crippen molar-refractivity contribution in [2.24, 2.45) is 0 Å². The summed E-state index contributed by atoms with van der Waals surface area (Å²) in [5, 5.41) is 1.95. The van der Waals surface area contributed by atoms with E-state index in [0.717, 1.165) is 21.8 Å². The highest BCUT2D eigenvalue weighted by Gasteiger charge is 2.37. The Morgan fingerprint density at radius 2 is 2.18 bits per heavy atom. The summed E-state index contributed by atoms with van der Waals surface area (Å²) >= 11 is 1.55. The van der Waals surface area contributed by atoms with Crippen LogP contribution in [0.25, 0.3) is 6.08 Å². The zero-order valence-corrected chi connectivity index (χ0v) is 16.9. The maximum Gasteiger partial charge on any atom is 0.232 e. The van der Waals surface area contributed by atoms with Gasteiger partial charge in [0.1, 0.15) is 18.2 Å². The summed E-state index contributed by atoms with van der Waals surface area (Å²) in [7, 11) is -2.96. The Labute approximate surface area is 167 Å². The smallest absolute Gasteiger partial charge is 0.232 e. The van der Waals surface area contributed by atoms with E-state index < -0.39 is 9.84 Å². The molecule has 1 aromatic heterocycles. The van der Waals surface area contributed by atoms with Crippen molar-refractivity contribution in [1.29, 1.82) is 0 Å². The number of sulfone groups is 1. The zero-order valence-electron chi connectivity index (χ0n) is 15.3.